The summed E-state index contributed by atoms with van der Waals surface area (Å²) in [5.41, 5.74) is 0.625. The van der Waals surface area contributed by atoms with Crippen molar-refractivity contribution in [2.24, 2.45) is 4.99 Å². The van der Waals surface area contributed by atoms with Crippen molar-refractivity contribution in [1.82, 2.24) is 14.5 Å². The molecule has 10 heteroatoms. The number of rotatable bonds is 6. The molecule has 0 radical (unpaired) electrons. The predicted molar refractivity (Wildman–Crippen MR) is 119 cm³/mol. The van der Waals surface area contributed by atoms with Crippen molar-refractivity contribution in [2.75, 3.05) is 74.5 Å². The second-order valence-electron chi connectivity index (χ2n) is 6.99. The average Bonchev–Trinajstić information content (AvgIpc) is 2.74. The van der Waals surface area contributed by atoms with Gasteiger partial charge in [0, 0.05) is 57.3 Å². The summed E-state index contributed by atoms with van der Waals surface area (Å²) < 4.78 is 40.6. The number of hydrogen-bond donors (Lipinski definition) is 1. The summed E-state index contributed by atoms with van der Waals surface area (Å²) in [6, 6.07) is 6.82. The van der Waals surface area contributed by atoms with E-state index in [-0.39, 0.29) is 18.1 Å². The molecule has 2 aliphatic rings. The summed E-state index contributed by atoms with van der Waals surface area (Å²) in [6.45, 7) is 6.91. The molecule has 1 aromatic carbocycles. The molecular formula is C19H30FN5O2S2. The quantitative estimate of drug-likeness (QED) is 0.528. The van der Waals surface area contributed by atoms with Crippen LogP contribution in [0.4, 0.5) is 10.1 Å². The largest absolute Gasteiger partial charge is 0.366 e. The van der Waals surface area contributed by atoms with Gasteiger partial charge in [0.2, 0.25) is 10.0 Å². The smallest absolute Gasteiger partial charge is 0.215 e. The van der Waals surface area contributed by atoms with Crippen molar-refractivity contribution in [3.8, 4) is 0 Å². The van der Waals surface area contributed by atoms with Gasteiger partial charge < -0.3 is 15.1 Å². The number of anilines is 1. The molecular weight excluding hydrogens is 413 g/mol. The molecule has 0 saturated carbocycles. The van der Waals surface area contributed by atoms with E-state index < -0.39 is 10.0 Å². The fraction of sp³-hybridized carbons (Fsp3) is 0.632. The van der Waals surface area contributed by atoms with Gasteiger partial charge in [-0.25, -0.2) is 17.1 Å². The predicted octanol–water partition coefficient (Wildman–Crippen LogP) is 1.29. The zero-order valence-corrected chi connectivity index (χ0v) is 18.5. The molecule has 2 saturated heterocycles. The van der Waals surface area contributed by atoms with Crippen LogP contribution in [0.25, 0.3) is 0 Å². The van der Waals surface area contributed by atoms with Crippen molar-refractivity contribution in [2.45, 2.75) is 6.92 Å². The Balaban J connectivity index is 1.56. The third-order valence-corrected chi connectivity index (χ3v) is 7.87. The van der Waals surface area contributed by atoms with Crippen molar-refractivity contribution >= 4 is 33.4 Å². The van der Waals surface area contributed by atoms with E-state index in [1.807, 2.05) is 17.9 Å². The number of thioether (sulfide) groups is 1. The third-order valence-electron chi connectivity index (χ3n) is 5.08. The van der Waals surface area contributed by atoms with Crippen LogP contribution in [0, 0.1) is 5.82 Å². The Morgan fingerprint density at radius 2 is 1.83 bits per heavy atom. The van der Waals surface area contributed by atoms with Crippen LogP contribution in [0.1, 0.15) is 6.92 Å². The van der Waals surface area contributed by atoms with Crippen molar-refractivity contribution in [3.05, 3.63) is 30.1 Å². The Morgan fingerprint density at radius 1 is 1.14 bits per heavy atom. The van der Waals surface area contributed by atoms with Crippen molar-refractivity contribution in [3.63, 3.8) is 0 Å². The molecule has 1 aromatic rings. The number of para-hydroxylation sites is 1. The highest BCUT2D eigenvalue weighted by molar-refractivity contribution is 7.99. The number of hydrogen-bond acceptors (Lipinski definition) is 5. The molecule has 7 nitrogen and oxygen atoms in total. The summed E-state index contributed by atoms with van der Waals surface area (Å²) in [5.74, 6) is 2.27. The zero-order chi connectivity index (χ0) is 20.7. The number of aliphatic imine (C=N–C) groups is 1. The normalized spacial score (nSPS) is 19.4. The molecule has 2 heterocycles. The number of nitrogens with one attached hydrogen (secondary N) is 1. The van der Waals surface area contributed by atoms with Gasteiger partial charge >= 0.3 is 0 Å². The summed E-state index contributed by atoms with van der Waals surface area (Å²) in [4.78, 5) is 8.71. The lowest BCUT2D eigenvalue weighted by atomic mass is 10.2. The van der Waals surface area contributed by atoms with E-state index in [2.05, 4.69) is 15.2 Å². The van der Waals surface area contributed by atoms with Gasteiger partial charge in [-0.05, 0) is 19.1 Å². The first-order valence-corrected chi connectivity index (χ1v) is 12.9. The SMILES string of the molecule is CCNC(=NCCS(=O)(=O)N1CCSCC1)N1CCN(c2ccccc2F)CC1. The Kier molecular flexibility index (Phi) is 8.02. The molecule has 2 fully saturated rings. The van der Waals surface area contributed by atoms with Gasteiger partial charge in [0.25, 0.3) is 0 Å². The average molecular weight is 444 g/mol. The van der Waals surface area contributed by atoms with Gasteiger partial charge in [-0.3, -0.25) is 4.99 Å². The van der Waals surface area contributed by atoms with E-state index in [4.69, 9.17) is 0 Å². The van der Waals surface area contributed by atoms with Gasteiger partial charge in [0.05, 0.1) is 18.0 Å². The van der Waals surface area contributed by atoms with Crippen molar-refractivity contribution in [1.29, 1.82) is 0 Å². The monoisotopic (exact) mass is 443 g/mol. The lowest BCUT2D eigenvalue weighted by Crippen LogP contribution is -2.53. The van der Waals surface area contributed by atoms with E-state index in [1.54, 1.807) is 28.2 Å². The number of piperazine rings is 1. The van der Waals surface area contributed by atoms with Crippen LogP contribution in [0.2, 0.25) is 0 Å². The van der Waals surface area contributed by atoms with Gasteiger partial charge in [-0.15, -0.1) is 0 Å². The molecule has 0 aromatic heterocycles. The maximum absolute atomic E-state index is 14.0. The Labute approximate surface area is 177 Å². The van der Waals surface area contributed by atoms with Crippen LogP contribution in [-0.4, -0.2) is 93.2 Å². The molecule has 0 bridgehead atoms. The Bertz CT molecular complexity index is 792. The molecule has 3 rings (SSSR count). The van der Waals surface area contributed by atoms with E-state index in [9.17, 15) is 12.8 Å². The minimum atomic E-state index is -3.26. The summed E-state index contributed by atoms with van der Waals surface area (Å²) in [6.07, 6.45) is 0. The van der Waals surface area contributed by atoms with E-state index >= 15 is 0 Å². The van der Waals surface area contributed by atoms with Gasteiger partial charge in [-0.1, -0.05) is 12.1 Å². The van der Waals surface area contributed by atoms with Gasteiger partial charge in [-0.2, -0.15) is 11.8 Å². The zero-order valence-electron chi connectivity index (χ0n) is 16.9. The summed E-state index contributed by atoms with van der Waals surface area (Å²) in [5, 5.41) is 3.26. The van der Waals surface area contributed by atoms with Crippen LogP contribution in [0.5, 0.6) is 0 Å². The third kappa shape index (κ3) is 5.99. The second-order valence-corrected chi connectivity index (χ2v) is 10.3. The standard InChI is InChI=1S/C19H30FN5O2S2/c1-2-21-19(22-7-16-29(26,27)25-12-14-28-15-13-25)24-10-8-23(9-11-24)18-6-4-3-5-17(18)20/h3-6H,2,7-16H2,1H3,(H,21,22). The fourth-order valence-corrected chi connectivity index (χ4v) is 5.97. The molecule has 0 aliphatic carbocycles. The molecule has 162 valence electrons. The Hall–Kier alpha value is -1.52. The number of sulfonamides is 1. The van der Waals surface area contributed by atoms with E-state index in [0.717, 1.165) is 17.5 Å². The molecule has 0 unspecified atom stereocenters. The molecule has 29 heavy (non-hydrogen) atoms. The van der Waals surface area contributed by atoms with Gasteiger partial charge in [0.1, 0.15) is 5.82 Å². The van der Waals surface area contributed by atoms with Crippen LogP contribution in [0.3, 0.4) is 0 Å². The first-order valence-electron chi connectivity index (χ1n) is 10.1. The number of benzene rings is 1. The first-order chi connectivity index (χ1) is 14.0. The number of guanidine groups is 1. The minimum absolute atomic E-state index is 0.0295. The molecule has 2 aliphatic heterocycles. The van der Waals surface area contributed by atoms with Crippen molar-refractivity contribution < 1.29 is 12.8 Å². The minimum Gasteiger partial charge on any atom is -0.366 e. The lowest BCUT2D eigenvalue weighted by Gasteiger charge is -2.37. The maximum Gasteiger partial charge on any atom is 0.215 e. The lowest BCUT2D eigenvalue weighted by molar-refractivity contribution is 0.371. The van der Waals surface area contributed by atoms with E-state index in [1.165, 1.54) is 6.07 Å². The summed E-state index contributed by atoms with van der Waals surface area (Å²) in [7, 11) is -3.26. The van der Waals surface area contributed by atoms with Crippen LogP contribution >= 0.6 is 11.8 Å². The Morgan fingerprint density at radius 3 is 2.48 bits per heavy atom. The van der Waals surface area contributed by atoms with Gasteiger partial charge in [0.15, 0.2) is 5.96 Å². The highest BCUT2D eigenvalue weighted by atomic mass is 32.2. The summed E-state index contributed by atoms with van der Waals surface area (Å²) >= 11 is 1.79. The molecule has 0 spiro atoms. The van der Waals surface area contributed by atoms with Crippen LogP contribution in [0.15, 0.2) is 29.3 Å². The molecule has 0 atom stereocenters. The van der Waals surface area contributed by atoms with Crippen LogP contribution in [-0.2, 0) is 10.0 Å². The molecule has 0 amide bonds. The number of halogens is 1. The first kappa shape index (κ1) is 22.2. The second kappa shape index (κ2) is 10.5. The van der Waals surface area contributed by atoms with E-state index in [0.29, 0.717) is 51.5 Å². The number of nitrogens with zero attached hydrogens (tertiary/aromatic N) is 4. The highest BCUT2D eigenvalue weighted by Gasteiger charge is 2.24. The fourth-order valence-electron chi connectivity index (χ4n) is 3.51. The highest BCUT2D eigenvalue weighted by Crippen LogP contribution is 2.20. The van der Waals surface area contributed by atoms with Crippen LogP contribution < -0.4 is 10.2 Å². The molecule has 1 N–H and O–H groups in total. The maximum atomic E-state index is 14.0. The topological polar surface area (TPSA) is 68.2 Å².